The molecule has 1 nitrogen and oxygen atoms in total. The van der Waals surface area contributed by atoms with E-state index < -0.39 is 0 Å². The molecular weight excluding hydrogens is 723 g/mol. The molecule has 0 aromatic heterocycles. The molecule has 0 unspecified atom stereocenters. The molecule has 0 N–H and O–H groups in total. The molecule has 1 heteroatoms. The minimum Gasteiger partial charge on any atom is -0.310 e. The zero-order valence-corrected chi connectivity index (χ0v) is 33.8. The highest BCUT2D eigenvalue weighted by molar-refractivity contribution is 6.06. The van der Waals surface area contributed by atoms with E-state index in [1.807, 2.05) is 0 Å². The largest absolute Gasteiger partial charge is 0.310 e. The maximum atomic E-state index is 2.45. The second kappa shape index (κ2) is 14.4. The average molecular weight is 766 g/mol. The normalized spacial score (nSPS) is 12.6. The predicted octanol–water partition coefficient (Wildman–Crippen LogP) is 16.4. The van der Waals surface area contributed by atoms with Crippen LogP contribution in [-0.2, 0) is 5.41 Å². The molecule has 0 bridgehead atoms. The van der Waals surface area contributed by atoms with Gasteiger partial charge in [-0.25, -0.2) is 0 Å². The number of nitrogens with zero attached hydrogens (tertiary/aromatic N) is 1. The first-order valence-electron chi connectivity index (χ1n) is 20.9. The van der Waals surface area contributed by atoms with Gasteiger partial charge in [-0.2, -0.15) is 0 Å². The van der Waals surface area contributed by atoms with Gasteiger partial charge in [-0.05, 0) is 137 Å². The van der Waals surface area contributed by atoms with Crippen molar-refractivity contribution in [3.05, 3.63) is 236 Å². The van der Waals surface area contributed by atoms with Crippen molar-refractivity contribution in [2.75, 3.05) is 4.90 Å². The fourth-order valence-electron chi connectivity index (χ4n) is 9.51. The molecule has 11 rings (SSSR count). The first-order chi connectivity index (χ1) is 29.5. The molecule has 0 aliphatic heterocycles. The van der Waals surface area contributed by atoms with Crippen molar-refractivity contribution in [1.29, 1.82) is 0 Å². The van der Waals surface area contributed by atoms with Gasteiger partial charge in [0, 0.05) is 22.5 Å². The van der Waals surface area contributed by atoms with E-state index in [9.17, 15) is 0 Å². The molecule has 10 aromatic rings. The molecule has 0 fully saturated rings. The van der Waals surface area contributed by atoms with Crippen LogP contribution in [0, 0.1) is 0 Å². The summed E-state index contributed by atoms with van der Waals surface area (Å²) in [6.45, 7) is 4.78. The SMILES string of the molecule is CC1(C)c2cc(-c3ccc(-c4ccc5ccccc5c4)c4ccccc34)ccc2-c2ccc(N(c3ccc(-c4ccccc4)cc3)c3ccc(-c4ccccc4)cc3)cc21. The van der Waals surface area contributed by atoms with Crippen LogP contribution in [0.3, 0.4) is 0 Å². The molecule has 0 radical (unpaired) electrons. The minimum atomic E-state index is -0.211. The number of benzene rings is 10. The van der Waals surface area contributed by atoms with Crippen molar-refractivity contribution < 1.29 is 0 Å². The number of hydrogen-bond acceptors (Lipinski definition) is 1. The predicted molar refractivity (Wildman–Crippen MR) is 255 cm³/mol. The van der Waals surface area contributed by atoms with Gasteiger partial charge in [0.1, 0.15) is 0 Å². The Morgan fingerprint density at radius 3 is 1.27 bits per heavy atom. The Morgan fingerprint density at radius 1 is 0.283 bits per heavy atom. The van der Waals surface area contributed by atoms with Gasteiger partial charge in [0.15, 0.2) is 0 Å². The van der Waals surface area contributed by atoms with Crippen LogP contribution in [0.4, 0.5) is 17.1 Å². The van der Waals surface area contributed by atoms with Crippen LogP contribution in [0.1, 0.15) is 25.0 Å². The van der Waals surface area contributed by atoms with Gasteiger partial charge in [0.2, 0.25) is 0 Å². The number of fused-ring (bicyclic) bond motifs is 5. The molecule has 60 heavy (non-hydrogen) atoms. The molecule has 0 heterocycles. The molecular formula is C59H43N. The smallest absolute Gasteiger partial charge is 0.0465 e. The van der Waals surface area contributed by atoms with Crippen LogP contribution >= 0.6 is 0 Å². The summed E-state index contributed by atoms with van der Waals surface area (Å²) in [4.78, 5) is 2.40. The Balaban J connectivity index is 0.979. The maximum absolute atomic E-state index is 2.45. The van der Waals surface area contributed by atoms with Crippen LogP contribution in [0.2, 0.25) is 0 Å². The van der Waals surface area contributed by atoms with Crippen molar-refractivity contribution in [2.24, 2.45) is 0 Å². The van der Waals surface area contributed by atoms with Crippen LogP contribution in [0.15, 0.2) is 224 Å². The van der Waals surface area contributed by atoms with Crippen LogP contribution in [-0.4, -0.2) is 0 Å². The Morgan fingerprint density at radius 2 is 0.683 bits per heavy atom. The summed E-state index contributed by atoms with van der Waals surface area (Å²) < 4.78 is 0. The van der Waals surface area contributed by atoms with Crippen molar-refractivity contribution in [3.8, 4) is 55.6 Å². The zero-order chi connectivity index (χ0) is 40.2. The van der Waals surface area contributed by atoms with E-state index in [0.29, 0.717) is 0 Å². The molecule has 1 aliphatic rings. The van der Waals surface area contributed by atoms with Gasteiger partial charge >= 0.3 is 0 Å². The van der Waals surface area contributed by atoms with Crippen LogP contribution < -0.4 is 4.90 Å². The average Bonchev–Trinajstić information content (AvgIpc) is 3.54. The van der Waals surface area contributed by atoms with Gasteiger partial charge in [-0.3, -0.25) is 0 Å². The second-order valence-electron chi connectivity index (χ2n) is 16.5. The monoisotopic (exact) mass is 765 g/mol. The molecule has 1 aliphatic carbocycles. The molecule has 284 valence electrons. The third-order valence-electron chi connectivity index (χ3n) is 12.7. The Labute approximate surface area is 352 Å². The molecule has 0 saturated carbocycles. The van der Waals surface area contributed by atoms with E-state index in [-0.39, 0.29) is 5.41 Å². The fraction of sp³-hybridized carbons (Fsp3) is 0.0508. The lowest BCUT2D eigenvalue weighted by molar-refractivity contribution is 0.660. The third-order valence-corrected chi connectivity index (χ3v) is 12.7. The summed E-state index contributed by atoms with van der Waals surface area (Å²) in [6, 6.07) is 82.3. The second-order valence-corrected chi connectivity index (χ2v) is 16.5. The van der Waals surface area contributed by atoms with E-state index in [4.69, 9.17) is 0 Å². The van der Waals surface area contributed by atoms with Crippen molar-refractivity contribution in [1.82, 2.24) is 0 Å². The molecule has 0 atom stereocenters. The zero-order valence-electron chi connectivity index (χ0n) is 33.8. The van der Waals surface area contributed by atoms with Gasteiger partial charge in [-0.15, -0.1) is 0 Å². The third kappa shape index (κ3) is 6.10. The summed E-state index contributed by atoms with van der Waals surface area (Å²) in [5.41, 5.74) is 18.3. The Hall–Kier alpha value is -7.48. The van der Waals surface area contributed by atoms with Gasteiger partial charge in [0.25, 0.3) is 0 Å². The summed E-state index contributed by atoms with van der Waals surface area (Å²) in [6.07, 6.45) is 0. The summed E-state index contributed by atoms with van der Waals surface area (Å²) in [5.74, 6) is 0. The van der Waals surface area contributed by atoms with E-state index in [1.54, 1.807) is 0 Å². The number of rotatable bonds is 7. The summed E-state index contributed by atoms with van der Waals surface area (Å²) >= 11 is 0. The van der Waals surface area contributed by atoms with Gasteiger partial charge < -0.3 is 4.90 Å². The van der Waals surface area contributed by atoms with Crippen LogP contribution in [0.5, 0.6) is 0 Å². The van der Waals surface area contributed by atoms with Crippen LogP contribution in [0.25, 0.3) is 77.2 Å². The van der Waals surface area contributed by atoms with E-state index in [2.05, 4.69) is 243 Å². The summed E-state index contributed by atoms with van der Waals surface area (Å²) in [7, 11) is 0. The van der Waals surface area contributed by atoms with Crippen molar-refractivity contribution in [3.63, 3.8) is 0 Å². The molecule has 10 aromatic carbocycles. The van der Waals surface area contributed by atoms with Gasteiger partial charge in [0.05, 0.1) is 0 Å². The van der Waals surface area contributed by atoms with Crippen molar-refractivity contribution in [2.45, 2.75) is 19.3 Å². The van der Waals surface area contributed by atoms with Gasteiger partial charge in [-0.1, -0.05) is 190 Å². The van der Waals surface area contributed by atoms with E-state index in [0.717, 1.165) is 17.1 Å². The standard InChI is InChI=1S/C59H43N/c1-59(2)57-38-47(52-36-35-51(53-19-11-12-20-54(52)53)46-22-21-42-17-9-10-18-45(42)37-46)27-33-55(57)56-34-32-50(39-58(56)59)60(48-28-23-43(24-29-48)40-13-5-3-6-14-40)49-30-25-44(26-31-49)41-15-7-4-8-16-41/h3-39H,1-2H3. The topological polar surface area (TPSA) is 3.24 Å². The molecule has 0 saturated heterocycles. The van der Waals surface area contributed by atoms with Crippen molar-refractivity contribution >= 4 is 38.6 Å². The lowest BCUT2D eigenvalue weighted by atomic mass is 9.81. The first-order valence-corrected chi connectivity index (χ1v) is 20.9. The quantitative estimate of drug-likeness (QED) is 0.156. The summed E-state index contributed by atoms with van der Waals surface area (Å²) in [5, 5.41) is 5.06. The van der Waals surface area contributed by atoms with E-state index in [1.165, 1.54) is 88.3 Å². The highest BCUT2D eigenvalue weighted by Crippen LogP contribution is 2.52. The Bertz CT molecular complexity index is 3110. The lowest BCUT2D eigenvalue weighted by Gasteiger charge is -2.28. The Kier molecular flexibility index (Phi) is 8.57. The molecule has 0 spiro atoms. The lowest BCUT2D eigenvalue weighted by Crippen LogP contribution is -2.16. The maximum Gasteiger partial charge on any atom is 0.0465 e. The van der Waals surface area contributed by atoms with E-state index >= 15 is 0 Å². The fourth-order valence-corrected chi connectivity index (χ4v) is 9.51. The minimum absolute atomic E-state index is 0.211. The number of hydrogen-bond donors (Lipinski definition) is 0. The molecule has 0 amide bonds. The highest BCUT2D eigenvalue weighted by atomic mass is 15.1. The number of anilines is 3. The first kappa shape index (κ1) is 35.7. The highest BCUT2D eigenvalue weighted by Gasteiger charge is 2.36.